The largest absolute Gasteiger partial charge is 0.496 e. The van der Waals surface area contributed by atoms with Crippen LogP contribution in [0.5, 0.6) is 5.75 Å². The van der Waals surface area contributed by atoms with E-state index in [0.717, 1.165) is 11.2 Å². The summed E-state index contributed by atoms with van der Waals surface area (Å²) in [6.07, 6.45) is 3.66. The highest BCUT2D eigenvalue weighted by Gasteiger charge is 2.14. The molecular weight excluding hydrogens is 257 g/mol. The Morgan fingerprint density at radius 3 is 2.85 bits per heavy atom. The van der Waals surface area contributed by atoms with Crippen molar-refractivity contribution in [3.8, 4) is 17.0 Å². The zero-order chi connectivity index (χ0) is 14.1. The SMILES string of the molecule is COc1cccc(F)c1-c1cn2cc(CN)ccc2n1. The van der Waals surface area contributed by atoms with Gasteiger partial charge >= 0.3 is 0 Å². The summed E-state index contributed by atoms with van der Waals surface area (Å²) in [7, 11) is 1.51. The Morgan fingerprint density at radius 1 is 1.25 bits per heavy atom. The lowest BCUT2D eigenvalue weighted by molar-refractivity contribution is 0.413. The first-order valence-corrected chi connectivity index (χ1v) is 6.23. The quantitative estimate of drug-likeness (QED) is 0.796. The number of nitrogens with two attached hydrogens (primary N) is 1. The van der Waals surface area contributed by atoms with Crippen molar-refractivity contribution in [2.45, 2.75) is 6.54 Å². The van der Waals surface area contributed by atoms with Crippen LogP contribution in [0.4, 0.5) is 4.39 Å². The maximum atomic E-state index is 14.0. The van der Waals surface area contributed by atoms with Gasteiger partial charge in [-0.15, -0.1) is 0 Å². The standard InChI is InChI=1S/C15H14FN3O/c1-20-13-4-2-3-11(16)15(13)12-9-19-8-10(7-17)5-6-14(19)18-12/h2-6,8-9H,7,17H2,1H3. The number of ether oxygens (including phenoxy) is 1. The average Bonchev–Trinajstić information content (AvgIpc) is 2.88. The first kappa shape index (κ1) is 12.6. The summed E-state index contributed by atoms with van der Waals surface area (Å²) in [5, 5.41) is 0. The van der Waals surface area contributed by atoms with E-state index in [1.807, 2.05) is 22.7 Å². The van der Waals surface area contributed by atoms with Gasteiger partial charge in [0.15, 0.2) is 0 Å². The fourth-order valence-corrected chi connectivity index (χ4v) is 2.20. The Bertz CT molecular complexity index is 767. The van der Waals surface area contributed by atoms with Gasteiger partial charge in [-0.2, -0.15) is 0 Å². The van der Waals surface area contributed by atoms with Crippen molar-refractivity contribution in [2.75, 3.05) is 7.11 Å². The lowest BCUT2D eigenvalue weighted by Gasteiger charge is -2.06. The Balaban J connectivity index is 2.20. The highest BCUT2D eigenvalue weighted by molar-refractivity contribution is 5.69. The second-order valence-corrected chi connectivity index (χ2v) is 4.45. The van der Waals surface area contributed by atoms with E-state index in [0.29, 0.717) is 23.6 Å². The second kappa shape index (κ2) is 4.94. The number of rotatable bonds is 3. The number of aromatic nitrogens is 2. The van der Waals surface area contributed by atoms with Crippen molar-refractivity contribution in [2.24, 2.45) is 5.73 Å². The van der Waals surface area contributed by atoms with Gasteiger partial charge in [0.05, 0.1) is 18.4 Å². The third-order valence-corrected chi connectivity index (χ3v) is 3.20. The smallest absolute Gasteiger partial charge is 0.137 e. The average molecular weight is 271 g/mol. The van der Waals surface area contributed by atoms with Crippen LogP contribution < -0.4 is 10.5 Å². The fraction of sp³-hybridized carbons (Fsp3) is 0.133. The van der Waals surface area contributed by atoms with Gasteiger partial charge in [-0.25, -0.2) is 9.37 Å². The molecule has 0 aliphatic heterocycles. The van der Waals surface area contributed by atoms with E-state index in [1.54, 1.807) is 18.3 Å². The maximum absolute atomic E-state index is 14.0. The zero-order valence-electron chi connectivity index (χ0n) is 11.0. The van der Waals surface area contributed by atoms with Crippen molar-refractivity contribution in [3.63, 3.8) is 0 Å². The number of hydrogen-bond acceptors (Lipinski definition) is 3. The van der Waals surface area contributed by atoms with E-state index >= 15 is 0 Å². The molecule has 2 heterocycles. The summed E-state index contributed by atoms with van der Waals surface area (Å²) < 4.78 is 21.1. The number of halogens is 1. The van der Waals surface area contributed by atoms with Crippen molar-refractivity contribution in [3.05, 3.63) is 54.1 Å². The molecule has 0 spiro atoms. The molecule has 2 N–H and O–H groups in total. The van der Waals surface area contributed by atoms with E-state index < -0.39 is 0 Å². The number of nitrogens with zero attached hydrogens (tertiary/aromatic N) is 2. The lowest BCUT2D eigenvalue weighted by atomic mass is 10.1. The molecule has 0 radical (unpaired) electrons. The van der Waals surface area contributed by atoms with Gasteiger partial charge in [0.1, 0.15) is 17.2 Å². The number of fused-ring (bicyclic) bond motifs is 1. The molecule has 0 saturated carbocycles. The molecule has 1 aromatic carbocycles. The van der Waals surface area contributed by atoms with Gasteiger partial charge in [0.2, 0.25) is 0 Å². The van der Waals surface area contributed by atoms with Gasteiger partial charge < -0.3 is 14.9 Å². The summed E-state index contributed by atoms with van der Waals surface area (Å²) in [5.74, 6) is 0.110. The molecule has 4 nitrogen and oxygen atoms in total. The molecule has 0 saturated heterocycles. The van der Waals surface area contributed by atoms with Crippen LogP contribution in [0.3, 0.4) is 0 Å². The summed E-state index contributed by atoms with van der Waals surface area (Å²) in [6.45, 7) is 0.451. The third-order valence-electron chi connectivity index (χ3n) is 3.20. The summed E-state index contributed by atoms with van der Waals surface area (Å²) in [5.41, 5.74) is 8.25. The van der Waals surface area contributed by atoms with Gasteiger partial charge in [0.25, 0.3) is 0 Å². The maximum Gasteiger partial charge on any atom is 0.137 e. The van der Waals surface area contributed by atoms with Crippen LogP contribution in [-0.4, -0.2) is 16.5 Å². The number of hydrogen-bond donors (Lipinski definition) is 1. The molecule has 102 valence electrons. The summed E-state index contributed by atoms with van der Waals surface area (Å²) in [6, 6.07) is 8.49. The van der Waals surface area contributed by atoms with Crippen LogP contribution >= 0.6 is 0 Å². The van der Waals surface area contributed by atoms with Gasteiger partial charge in [-0.1, -0.05) is 12.1 Å². The number of pyridine rings is 1. The molecule has 20 heavy (non-hydrogen) atoms. The van der Waals surface area contributed by atoms with E-state index in [9.17, 15) is 4.39 Å². The Labute approximate surface area is 115 Å². The predicted octanol–water partition coefficient (Wildman–Crippen LogP) is 2.61. The Kier molecular flexibility index (Phi) is 3.12. The first-order valence-electron chi connectivity index (χ1n) is 6.23. The first-order chi connectivity index (χ1) is 9.72. The topological polar surface area (TPSA) is 52.5 Å². The molecule has 3 rings (SSSR count). The number of methoxy groups -OCH3 is 1. The van der Waals surface area contributed by atoms with E-state index in [-0.39, 0.29) is 5.82 Å². The predicted molar refractivity (Wildman–Crippen MR) is 75.0 cm³/mol. The molecule has 0 unspecified atom stereocenters. The molecule has 2 aromatic heterocycles. The number of imidazole rings is 1. The lowest BCUT2D eigenvalue weighted by Crippen LogP contribution is -1.97. The van der Waals surface area contributed by atoms with Gasteiger partial charge in [-0.05, 0) is 23.8 Å². The molecule has 0 aliphatic rings. The monoisotopic (exact) mass is 271 g/mol. The second-order valence-electron chi connectivity index (χ2n) is 4.45. The fourth-order valence-electron chi connectivity index (χ4n) is 2.20. The molecule has 0 amide bonds. The van der Waals surface area contributed by atoms with Crippen LogP contribution in [0.1, 0.15) is 5.56 Å². The van der Waals surface area contributed by atoms with Crippen LogP contribution in [-0.2, 0) is 6.54 Å². The molecule has 3 aromatic rings. The highest BCUT2D eigenvalue weighted by atomic mass is 19.1. The molecular formula is C15H14FN3O. The van der Waals surface area contributed by atoms with E-state index in [1.165, 1.54) is 13.2 Å². The third kappa shape index (κ3) is 2.02. The minimum Gasteiger partial charge on any atom is -0.496 e. The molecule has 0 fully saturated rings. The normalized spacial score (nSPS) is 10.9. The van der Waals surface area contributed by atoms with Crippen LogP contribution in [0.15, 0.2) is 42.7 Å². The zero-order valence-corrected chi connectivity index (χ0v) is 11.0. The van der Waals surface area contributed by atoms with Crippen LogP contribution in [0, 0.1) is 5.82 Å². The Morgan fingerprint density at radius 2 is 2.10 bits per heavy atom. The summed E-state index contributed by atoms with van der Waals surface area (Å²) in [4.78, 5) is 4.43. The van der Waals surface area contributed by atoms with E-state index in [2.05, 4.69) is 4.98 Å². The van der Waals surface area contributed by atoms with Crippen molar-refractivity contribution < 1.29 is 9.13 Å². The van der Waals surface area contributed by atoms with Crippen molar-refractivity contribution in [1.82, 2.24) is 9.38 Å². The minimum absolute atomic E-state index is 0.355. The molecule has 5 heteroatoms. The minimum atomic E-state index is -0.355. The van der Waals surface area contributed by atoms with Crippen LogP contribution in [0.25, 0.3) is 16.9 Å². The summed E-state index contributed by atoms with van der Waals surface area (Å²) >= 11 is 0. The van der Waals surface area contributed by atoms with E-state index in [4.69, 9.17) is 10.5 Å². The van der Waals surface area contributed by atoms with Gasteiger partial charge in [0, 0.05) is 18.9 Å². The molecule has 0 atom stereocenters. The van der Waals surface area contributed by atoms with Crippen molar-refractivity contribution in [1.29, 1.82) is 0 Å². The molecule has 0 aliphatic carbocycles. The molecule has 0 bridgehead atoms. The van der Waals surface area contributed by atoms with Gasteiger partial charge in [-0.3, -0.25) is 0 Å². The number of benzene rings is 1. The van der Waals surface area contributed by atoms with Crippen LogP contribution in [0.2, 0.25) is 0 Å². The van der Waals surface area contributed by atoms with Crippen molar-refractivity contribution >= 4 is 5.65 Å². The highest BCUT2D eigenvalue weighted by Crippen LogP contribution is 2.31. The Hall–Kier alpha value is -2.40.